The molecule has 0 aromatic heterocycles. The number of hydrogen-bond donors (Lipinski definition) is 1. The van der Waals surface area contributed by atoms with Gasteiger partial charge in [0.25, 0.3) is 0 Å². The van der Waals surface area contributed by atoms with Crippen molar-refractivity contribution in [1.29, 1.82) is 0 Å². The zero-order chi connectivity index (χ0) is 11.8. The molecule has 0 bridgehead atoms. The lowest BCUT2D eigenvalue weighted by molar-refractivity contribution is 0.181. The summed E-state index contributed by atoms with van der Waals surface area (Å²) in [5.74, 6) is 0. The second kappa shape index (κ2) is 3.86. The van der Waals surface area contributed by atoms with Gasteiger partial charge in [0, 0.05) is 0 Å². The van der Waals surface area contributed by atoms with Crippen LogP contribution in [0.5, 0.6) is 0 Å². The molecule has 0 heterocycles. The van der Waals surface area contributed by atoms with E-state index in [0.29, 0.717) is 17.7 Å². The van der Waals surface area contributed by atoms with E-state index in [1.165, 1.54) is 0 Å². The molecule has 2 rings (SSSR count). The Morgan fingerprint density at radius 2 is 1.94 bits per heavy atom. The first-order valence-electron chi connectivity index (χ1n) is 5.45. The number of aliphatic hydroxyl groups excluding tert-OH is 1. The maximum absolute atomic E-state index is 12.4. The maximum Gasteiger partial charge on any atom is 0.186 e. The van der Waals surface area contributed by atoms with Gasteiger partial charge in [-0.3, -0.25) is 0 Å². The highest BCUT2D eigenvalue weighted by Gasteiger charge is 2.49. The Morgan fingerprint density at radius 3 is 2.38 bits per heavy atom. The molecule has 1 aromatic rings. The molecule has 3 nitrogen and oxygen atoms in total. The van der Waals surface area contributed by atoms with Crippen LogP contribution in [0.2, 0.25) is 0 Å². The van der Waals surface area contributed by atoms with Gasteiger partial charge >= 0.3 is 0 Å². The van der Waals surface area contributed by atoms with Crippen molar-refractivity contribution >= 4 is 9.84 Å². The lowest BCUT2D eigenvalue weighted by Crippen LogP contribution is -2.48. The van der Waals surface area contributed by atoms with Crippen LogP contribution in [0.25, 0.3) is 0 Å². The van der Waals surface area contributed by atoms with E-state index in [2.05, 4.69) is 0 Å². The third-order valence-electron chi connectivity index (χ3n) is 3.51. The second-order valence-corrected chi connectivity index (χ2v) is 6.78. The van der Waals surface area contributed by atoms with E-state index in [1.54, 1.807) is 25.1 Å². The minimum Gasteiger partial charge on any atom is -0.395 e. The van der Waals surface area contributed by atoms with Crippen molar-refractivity contribution < 1.29 is 13.5 Å². The summed E-state index contributed by atoms with van der Waals surface area (Å²) >= 11 is 0. The first kappa shape index (κ1) is 11.6. The third kappa shape index (κ3) is 1.48. The minimum atomic E-state index is -3.39. The molecule has 0 spiro atoms. The summed E-state index contributed by atoms with van der Waals surface area (Å²) in [6.45, 7) is 1.51. The Bertz CT molecular complexity index is 481. The van der Waals surface area contributed by atoms with Crippen LogP contribution in [-0.2, 0) is 9.84 Å². The Hall–Kier alpha value is -0.870. The maximum atomic E-state index is 12.4. The van der Waals surface area contributed by atoms with Gasteiger partial charge in [-0.25, -0.2) is 8.42 Å². The number of hydrogen-bond acceptors (Lipinski definition) is 3. The van der Waals surface area contributed by atoms with Crippen LogP contribution in [0.3, 0.4) is 0 Å². The molecule has 0 radical (unpaired) electrons. The van der Waals surface area contributed by atoms with Crippen molar-refractivity contribution in [2.24, 2.45) is 0 Å². The fourth-order valence-corrected chi connectivity index (χ4v) is 4.39. The molecular formula is C12H16O3S. The van der Waals surface area contributed by atoms with Crippen LogP contribution in [0, 0.1) is 6.92 Å². The van der Waals surface area contributed by atoms with Crippen molar-refractivity contribution in [3.05, 3.63) is 29.8 Å². The van der Waals surface area contributed by atoms with E-state index < -0.39 is 14.6 Å². The third-order valence-corrected chi connectivity index (χ3v) is 6.22. The molecule has 1 aliphatic rings. The lowest BCUT2D eigenvalue weighted by atomic mass is 9.85. The molecule has 0 amide bonds. The standard InChI is InChI=1S/C12H16O3S/c1-10-5-2-3-6-11(10)16(14,15)12(9-13)7-4-8-12/h2-3,5-6,13H,4,7-9H2,1H3. The minimum absolute atomic E-state index is 0.274. The first-order chi connectivity index (χ1) is 7.53. The van der Waals surface area contributed by atoms with Crippen LogP contribution in [-0.4, -0.2) is 24.9 Å². The second-order valence-electron chi connectivity index (χ2n) is 4.46. The molecule has 88 valence electrons. The Kier molecular flexibility index (Phi) is 2.80. The van der Waals surface area contributed by atoms with Crippen LogP contribution in [0.4, 0.5) is 0 Å². The SMILES string of the molecule is Cc1ccccc1S(=O)(=O)C1(CO)CCC1. The molecule has 1 N–H and O–H groups in total. The Morgan fingerprint density at radius 1 is 1.31 bits per heavy atom. The number of rotatable bonds is 3. The highest BCUT2D eigenvalue weighted by atomic mass is 32.2. The van der Waals surface area contributed by atoms with E-state index in [-0.39, 0.29) is 6.61 Å². The van der Waals surface area contributed by atoms with E-state index >= 15 is 0 Å². The van der Waals surface area contributed by atoms with Gasteiger partial charge in [0.1, 0.15) is 0 Å². The van der Waals surface area contributed by atoms with E-state index in [9.17, 15) is 13.5 Å². The summed E-state index contributed by atoms with van der Waals surface area (Å²) in [7, 11) is -3.39. The smallest absolute Gasteiger partial charge is 0.186 e. The van der Waals surface area contributed by atoms with Crippen molar-refractivity contribution in [3.63, 3.8) is 0 Å². The van der Waals surface area contributed by atoms with Gasteiger partial charge < -0.3 is 5.11 Å². The van der Waals surface area contributed by atoms with Crippen molar-refractivity contribution in [3.8, 4) is 0 Å². The fraction of sp³-hybridized carbons (Fsp3) is 0.500. The average molecular weight is 240 g/mol. The monoisotopic (exact) mass is 240 g/mol. The molecule has 0 aliphatic heterocycles. The normalized spacial score (nSPS) is 19.1. The van der Waals surface area contributed by atoms with Crippen LogP contribution < -0.4 is 0 Å². The first-order valence-corrected chi connectivity index (χ1v) is 6.93. The Labute approximate surface area is 96.0 Å². The molecule has 1 saturated carbocycles. The summed E-state index contributed by atoms with van der Waals surface area (Å²) in [6.07, 6.45) is 2.02. The zero-order valence-electron chi connectivity index (χ0n) is 9.31. The van der Waals surface area contributed by atoms with Gasteiger partial charge in [0.05, 0.1) is 16.2 Å². The predicted octanol–water partition coefficient (Wildman–Crippen LogP) is 1.68. The summed E-state index contributed by atoms with van der Waals surface area (Å²) in [4.78, 5) is 0.365. The van der Waals surface area contributed by atoms with Crippen LogP contribution in [0.1, 0.15) is 24.8 Å². The lowest BCUT2D eigenvalue weighted by Gasteiger charge is -2.39. The summed E-state index contributed by atoms with van der Waals surface area (Å²) in [6, 6.07) is 6.96. The molecule has 0 saturated heterocycles. The van der Waals surface area contributed by atoms with Gasteiger partial charge in [-0.05, 0) is 31.4 Å². The van der Waals surface area contributed by atoms with E-state index in [1.807, 2.05) is 6.07 Å². The molecular weight excluding hydrogens is 224 g/mol. The number of benzene rings is 1. The molecule has 0 atom stereocenters. The molecule has 4 heteroatoms. The van der Waals surface area contributed by atoms with Crippen LogP contribution >= 0.6 is 0 Å². The molecule has 1 fully saturated rings. The van der Waals surface area contributed by atoms with Gasteiger partial charge in [-0.15, -0.1) is 0 Å². The van der Waals surface area contributed by atoms with E-state index in [0.717, 1.165) is 12.0 Å². The van der Waals surface area contributed by atoms with Crippen molar-refractivity contribution in [1.82, 2.24) is 0 Å². The summed E-state index contributed by atoms with van der Waals surface area (Å²) < 4.78 is 23.9. The zero-order valence-corrected chi connectivity index (χ0v) is 10.1. The summed E-state index contributed by atoms with van der Waals surface area (Å²) in [5.41, 5.74) is 0.752. The largest absolute Gasteiger partial charge is 0.395 e. The number of aliphatic hydroxyl groups is 1. The topological polar surface area (TPSA) is 54.4 Å². The van der Waals surface area contributed by atoms with Crippen molar-refractivity contribution in [2.75, 3.05) is 6.61 Å². The van der Waals surface area contributed by atoms with Gasteiger partial charge in [0.2, 0.25) is 0 Å². The quantitative estimate of drug-likeness (QED) is 0.874. The molecule has 16 heavy (non-hydrogen) atoms. The highest BCUT2D eigenvalue weighted by molar-refractivity contribution is 7.93. The predicted molar refractivity (Wildman–Crippen MR) is 62.0 cm³/mol. The van der Waals surface area contributed by atoms with Gasteiger partial charge in [-0.1, -0.05) is 24.6 Å². The Balaban J connectivity index is 2.51. The highest BCUT2D eigenvalue weighted by Crippen LogP contribution is 2.42. The average Bonchev–Trinajstić information content (AvgIpc) is 2.16. The number of sulfone groups is 1. The number of aryl methyl sites for hydroxylation is 1. The van der Waals surface area contributed by atoms with E-state index in [4.69, 9.17) is 0 Å². The summed E-state index contributed by atoms with van der Waals surface area (Å²) in [5, 5.41) is 9.35. The fourth-order valence-electron chi connectivity index (χ4n) is 2.17. The molecule has 1 aromatic carbocycles. The van der Waals surface area contributed by atoms with Crippen LogP contribution in [0.15, 0.2) is 29.2 Å². The molecule has 1 aliphatic carbocycles. The van der Waals surface area contributed by atoms with Crippen molar-refractivity contribution in [2.45, 2.75) is 35.8 Å². The van der Waals surface area contributed by atoms with Gasteiger partial charge in [0.15, 0.2) is 9.84 Å². The molecule has 0 unspecified atom stereocenters. The van der Waals surface area contributed by atoms with Gasteiger partial charge in [-0.2, -0.15) is 0 Å².